The van der Waals surface area contributed by atoms with E-state index >= 15 is 0 Å². The van der Waals surface area contributed by atoms with Gasteiger partial charge in [-0.25, -0.2) is 0 Å². The van der Waals surface area contributed by atoms with Crippen LogP contribution in [0.2, 0.25) is 0 Å². The van der Waals surface area contributed by atoms with Gasteiger partial charge in [0.15, 0.2) is 6.29 Å². The van der Waals surface area contributed by atoms with Gasteiger partial charge in [0.05, 0.1) is 6.61 Å². The van der Waals surface area contributed by atoms with E-state index in [1.54, 1.807) is 0 Å². The smallest absolute Gasteiger partial charge is 0.199 e. The van der Waals surface area contributed by atoms with Gasteiger partial charge in [-0.2, -0.15) is 0 Å². The Kier molecular flexibility index (Phi) is 5.28. The fourth-order valence-corrected chi connectivity index (χ4v) is 2.17. The zero-order valence-electron chi connectivity index (χ0n) is 10.9. The summed E-state index contributed by atoms with van der Waals surface area (Å²) in [6.07, 6.45) is 8.97. The summed E-state index contributed by atoms with van der Waals surface area (Å²) in [4.78, 5) is 0. The summed E-state index contributed by atoms with van der Waals surface area (Å²) in [6, 6.07) is 7.98. The first kappa shape index (κ1) is 13.2. The van der Waals surface area contributed by atoms with Crippen molar-refractivity contribution in [3.63, 3.8) is 0 Å². The van der Waals surface area contributed by atoms with Gasteiger partial charge in [-0.05, 0) is 30.5 Å². The highest BCUT2D eigenvalue weighted by molar-refractivity contribution is 5.48. The lowest BCUT2D eigenvalue weighted by Crippen LogP contribution is -2.20. The molecule has 1 unspecified atom stereocenters. The third-order valence-electron chi connectivity index (χ3n) is 3.27. The zero-order chi connectivity index (χ0) is 12.6. The first-order valence-electron chi connectivity index (χ1n) is 6.89. The molecule has 0 radical (unpaired) electrons. The van der Waals surface area contributed by atoms with Crippen LogP contribution in [0.15, 0.2) is 30.8 Å². The topological polar surface area (TPSA) is 18.5 Å². The summed E-state index contributed by atoms with van der Waals surface area (Å²) >= 11 is 0. The Morgan fingerprint density at radius 2 is 1.78 bits per heavy atom. The van der Waals surface area contributed by atoms with Gasteiger partial charge in [0.1, 0.15) is 5.75 Å². The van der Waals surface area contributed by atoms with Gasteiger partial charge in [-0.3, -0.25) is 0 Å². The van der Waals surface area contributed by atoms with E-state index in [0.29, 0.717) is 0 Å². The van der Waals surface area contributed by atoms with E-state index in [-0.39, 0.29) is 6.29 Å². The largest absolute Gasteiger partial charge is 0.465 e. The molecule has 1 aliphatic rings. The second kappa shape index (κ2) is 7.22. The Morgan fingerprint density at radius 3 is 2.56 bits per heavy atom. The first-order chi connectivity index (χ1) is 8.88. The SMILES string of the molecule is C=Cc1ccc(OC2CCCCCCCO2)cc1. The van der Waals surface area contributed by atoms with Gasteiger partial charge in [-0.1, -0.05) is 44.1 Å². The summed E-state index contributed by atoms with van der Waals surface area (Å²) in [6.45, 7) is 4.56. The van der Waals surface area contributed by atoms with Gasteiger partial charge in [0, 0.05) is 6.42 Å². The second-order valence-electron chi connectivity index (χ2n) is 4.75. The Morgan fingerprint density at radius 1 is 1.06 bits per heavy atom. The lowest BCUT2D eigenvalue weighted by atomic mass is 10.1. The van der Waals surface area contributed by atoms with Crippen molar-refractivity contribution in [1.82, 2.24) is 0 Å². The average molecular weight is 246 g/mol. The molecule has 1 atom stereocenters. The highest BCUT2D eigenvalue weighted by Gasteiger charge is 2.12. The number of hydrogen-bond donors (Lipinski definition) is 0. The number of rotatable bonds is 3. The predicted molar refractivity (Wildman–Crippen MR) is 74.6 cm³/mol. The predicted octanol–water partition coefficient (Wildman–Crippen LogP) is 4.41. The molecule has 1 aromatic carbocycles. The van der Waals surface area contributed by atoms with Crippen molar-refractivity contribution in [1.29, 1.82) is 0 Å². The molecule has 1 heterocycles. The summed E-state index contributed by atoms with van der Waals surface area (Å²) in [5.74, 6) is 0.879. The van der Waals surface area contributed by atoms with Crippen molar-refractivity contribution in [2.45, 2.75) is 44.8 Å². The molecule has 1 aromatic rings. The molecule has 1 aliphatic heterocycles. The molecular weight excluding hydrogens is 224 g/mol. The normalized spacial score (nSPS) is 21.4. The maximum Gasteiger partial charge on any atom is 0.199 e. The van der Waals surface area contributed by atoms with Crippen LogP contribution in [0.5, 0.6) is 5.75 Å². The van der Waals surface area contributed by atoms with Crippen LogP contribution in [0.1, 0.15) is 44.1 Å². The molecule has 1 saturated heterocycles. The molecule has 2 rings (SSSR count). The van der Waals surface area contributed by atoms with Gasteiger partial charge in [0.2, 0.25) is 0 Å². The van der Waals surface area contributed by atoms with Crippen molar-refractivity contribution >= 4 is 6.08 Å². The maximum absolute atomic E-state index is 5.89. The van der Waals surface area contributed by atoms with E-state index in [9.17, 15) is 0 Å². The van der Waals surface area contributed by atoms with Crippen LogP contribution in [0.3, 0.4) is 0 Å². The number of hydrogen-bond acceptors (Lipinski definition) is 2. The molecule has 2 heteroatoms. The summed E-state index contributed by atoms with van der Waals surface area (Å²) in [5, 5.41) is 0. The van der Waals surface area contributed by atoms with Gasteiger partial charge in [-0.15, -0.1) is 0 Å². The van der Waals surface area contributed by atoms with Crippen molar-refractivity contribution in [3.05, 3.63) is 36.4 Å². The molecule has 0 N–H and O–H groups in total. The fourth-order valence-electron chi connectivity index (χ4n) is 2.17. The van der Waals surface area contributed by atoms with Crippen LogP contribution in [-0.2, 0) is 4.74 Å². The van der Waals surface area contributed by atoms with Gasteiger partial charge >= 0.3 is 0 Å². The summed E-state index contributed by atoms with van der Waals surface area (Å²) in [7, 11) is 0. The fraction of sp³-hybridized carbons (Fsp3) is 0.500. The summed E-state index contributed by atoms with van der Waals surface area (Å²) in [5.41, 5.74) is 1.11. The average Bonchev–Trinajstić information content (AvgIpc) is 2.54. The van der Waals surface area contributed by atoms with Crippen molar-refractivity contribution in [2.24, 2.45) is 0 Å². The molecule has 98 valence electrons. The molecule has 2 nitrogen and oxygen atoms in total. The minimum Gasteiger partial charge on any atom is -0.465 e. The molecule has 18 heavy (non-hydrogen) atoms. The highest BCUT2D eigenvalue weighted by Crippen LogP contribution is 2.19. The van der Waals surface area contributed by atoms with E-state index < -0.39 is 0 Å². The zero-order valence-corrected chi connectivity index (χ0v) is 10.9. The lowest BCUT2D eigenvalue weighted by Gasteiger charge is -2.18. The molecule has 0 aliphatic carbocycles. The Labute approximate surface area is 110 Å². The highest BCUT2D eigenvalue weighted by atomic mass is 16.7. The molecule has 0 bridgehead atoms. The van der Waals surface area contributed by atoms with Crippen molar-refractivity contribution < 1.29 is 9.47 Å². The Balaban J connectivity index is 1.90. The number of benzene rings is 1. The lowest BCUT2D eigenvalue weighted by molar-refractivity contribution is -0.0844. The van der Waals surface area contributed by atoms with E-state index in [2.05, 4.69) is 6.58 Å². The van der Waals surface area contributed by atoms with Crippen LogP contribution in [0.25, 0.3) is 6.08 Å². The molecular formula is C16H22O2. The van der Waals surface area contributed by atoms with Crippen molar-refractivity contribution in [3.8, 4) is 5.75 Å². The van der Waals surface area contributed by atoms with Crippen LogP contribution in [0.4, 0.5) is 0 Å². The third-order valence-corrected chi connectivity index (χ3v) is 3.27. The molecule has 0 aromatic heterocycles. The van der Waals surface area contributed by atoms with E-state index in [4.69, 9.17) is 9.47 Å². The maximum atomic E-state index is 5.89. The number of ether oxygens (including phenoxy) is 2. The van der Waals surface area contributed by atoms with Crippen LogP contribution >= 0.6 is 0 Å². The molecule has 1 fully saturated rings. The quantitative estimate of drug-likeness (QED) is 0.786. The standard InChI is InChI=1S/C16H22O2/c1-2-14-9-11-15(12-10-14)18-16-8-6-4-3-5-7-13-17-16/h2,9-12,16H,1,3-8,13H2. The molecule has 0 amide bonds. The van der Waals surface area contributed by atoms with E-state index in [1.165, 1.54) is 25.7 Å². The minimum absolute atomic E-state index is 0.0855. The molecule has 0 saturated carbocycles. The third kappa shape index (κ3) is 4.19. The van der Waals surface area contributed by atoms with Crippen LogP contribution < -0.4 is 4.74 Å². The minimum atomic E-state index is -0.0855. The van der Waals surface area contributed by atoms with E-state index in [0.717, 1.165) is 30.8 Å². The monoisotopic (exact) mass is 246 g/mol. The van der Waals surface area contributed by atoms with Crippen molar-refractivity contribution in [2.75, 3.05) is 6.61 Å². The summed E-state index contributed by atoms with van der Waals surface area (Å²) < 4.78 is 11.7. The van der Waals surface area contributed by atoms with Gasteiger partial charge in [0.25, 0.3) is 0 Å². The van der Waals surface area contributed by atoms with Gasteiger partial charge < -0.3 is 9.47 Å². The van der Waals surface area contributed by atoms with E-state index in [1.807, 2.05) is 30.3 Å². The first-order valence-corrected chi connectivity index (χ1v) is 6.89. The second-order valence-corrected chi connectivity index (χ2v) is 4.75. The van der Waals surface area contributed by atoms with Crippen LogP contribution in [-0.4, -0.2) is 12.9 Å². The van der Waals surface area contributed by atoms with Crippen LogP contribution in [0, 0.1) is 0 Å². The Bertz CT molecular complexity index is 346. The Hall–Kier alpha value is -1.28. The molecule has 0 spiro atoms.